The predicted octanol–water partition coefficient (Wildman–Crippen LogP) is 8.41. The summed E-state index contributed by atoms with van der Waals surface area (Å²) in [5.74, 6) is 1.29. The van der Waals surface area contributed by atoms with E-state index in [1.807, 2.05) is 78.9 Å². The first-order valence-electron chi connectivity index (χ1n) is 13.4. The Kier molecular flexibility index (Phi) is 4.88. The normalized spacial score (nSPS) is 11.4. The van der Waals surface area contributed by atoms with Crippen LogP contribution in [0.25, 0.3) is 60.9 Å². The predicted molar refractivity (Wildman–Crippen MR) is 164 cm³/mol. The molecular weight excluding hydrogens is 502 g/mol. The average Bonchev–Trinajstić information content (AvgIpc) is 3.66. The summed E-state index contributed by atoms with van der Waals surface area (Å²) < 4.78 is 6.34. The van der Waals surface area contributed by atoms with E-state index >= 15 is 0 Å². The molecule has 8 aromatic rings. The molecule has 0 radical (unpaired) electrons. The molecule has 5 aromatic carbocycles. The fourth-order valence-electron chi connectivity index (χ4n) is 6.31. The van der Waals surface area contributed by atoms with Crippen molar-refractivity contribution >= 4 is 43.6 Å². The number of nitrogens with zero attached hydrogens (tertiary/aromatic N) is 5. The Hall–Kier alpha value is -6.04. The Morgan fingerprint density at radius 2 is 0.683 bits per heavy atom. The van der Waals surface area contributed by atoms with E-state index in [1.165, 1.54) is 0 Å². The number of nitriles is 2. The molecule has 0 unspecified atom stereocenters. The van der Waals surface area contributed by atoms with E-state index in [0.717, 1.165) is 49.3 Å². The zero-order chi connectivity index (χ0) is 27.5. The summed E-state index contributed by atoms with van der Waals surface area (Å²) >= 11 is 0. The number of fused-ring (bicyclic) bond motifs is 6. The molecule has 0 amide bonds. The second-order valence-corrected chi connectivity index (χ2v) is 10.0. The quantitative estimate of drug-likeness (QED) is 0.233. The standard InChI is InChI=1S/C36H21N5/c37-22-29-30(23-38)36(41-33-20-10-6-16-27(33)28-17-7-11-21-34(28)41)39(24-12-2-1-3-13-24)35(29)40-31-18-8-4-14-25(31)26-15-5-9-19-32(26)40/h1-21H. The van der Waals surface area contributed by atoms with Crippen molar-refractivity contribution in [2.24, 2.45) is 0 Å². The maximum Gasteiger partial charge on any atom is 0.143 e. The average molecular weight is 524 g/mol. The summed E-state index contributed by atoms with van der Waals surface area (Å²) in [6.07, 6.45) is 0. The third-order valence-electron chi connectivity index (χ3n) is 7.94. The van der Waals surface area contributed by atoms with Crippen LogP contribution >= 0.6 is 0 Å². The van der Waals surface area contributed by atoms with Crippen LogP contribution in [0.1, 0.15) is 11.1 Å². The van der Waals surface area contributed by atoms with Crippen molar-refractivity contribution in [2.45, 2.75) is 0 Å². The molecule has 0 aliphatic heterocycles. The van der Waals surface area contributed by atoms with Gasteiger partial charge in [-0.1, -0.05) is 91.0 Å². The molecule has 3 heterocycles. The van der Waals surface area contributed by atoms with Gasteiger partial charge in [0.15, 0.2) is 0 Å². The summed E-state index contributed by atoms with van der Waals surface area (Å²) in [7, 11) is 0. The maximum atomic E-state index is 10.7. The van der Waals surface area contributed by atoms with Gasteiger partial charge in [-0.2, -0.15) is 10.5 Å². The number of para-hydroxylation sites is 5. The molecule has 5 heteroatoms. The second-order valence-electron chi connectivity index (χ2n) is 10.0. The van der Waals surface area contributed by atoms with Gasteiger partial charge < -0.3 is 0 Å². The number of hydrogen-bond donors (Lipinski definition) is 0. The van der Waals surface area contributed by atoms with Gasteiger partial charge in [-0.05, 0) is 36.4 Å². The van der Waals surface area contributed by atoms with Crippen molar-refractivity contribution in [1.29, 1.82) is 10.5 Å². The van der Waals surface area contributed by atoms with E-state index in [0.29, 0.717) is 22.8 Å². The number of hydrogen-bond acceptors (Lipinski definition) is 2. The van der Waals surface area contributed by atoms with E-state index in [-0.39, 0.29) is 0 Å². The van der Waals surface area contributed by atoms with Crippen LogP contribution in [0.15, 0.2) is 127 Å². The molecule has 0 N–H and O–H groups in total. The lowest BCUT2D eigenvalue weighted by Crippen LogP contribution is -2.10. The van der Waals surface area contributed by atoms with E-state index in [1.54, 1.807) is 0 Å². The van der Waals surface area contributed by atoms with Crippen LogP contribution in [0.5, 0.6) is 0 Å². The molecule has 0 aliphatic carbocycles. The molecule has 0 fully saturated rings. The molecule has 0 saturated heterocycles. The number of rotatable bonds is 3. The van der Waals surface area contributed by atoms with Crippen molar-refractivity contribution in [2.75, 3.05) is 0 Å². The van der Waals surface area contributed by atoms with Crippen molar-refractivity contribution in [3.8, 4) is 29.5 Å². The van der Waals surface area contributed by atoms with E-state index in [9.17, 15) is 10.5 Å². The van der Waals surface area contributed by atoms with Crippen LogP contribution in [0.2, 0.25) is 0 Å². The van der Waals surface area contributed by atoms with Crippen molar-refractivity contribution < 1.29 is 0 Å². The highest BCUT2D eigenvalue weighted by atomic mass is 15.2. The second kappa shape index (κ2) is 8.74. The molecule has 5 nitrogen and oxygen atoms in total. The van der Waals surface area contributed by atoms with Gasteiger partial charge in [0, 0.05) is 27.2 Å². The Labute approximate surface area is 235 Å². The van der Waals surface area contributed by atoms with Gasteiger partial charge in [-0.3, -0.25) is 13.7 Å². The van der Waals surface area contributed by atoms with Gasteiger partial charge in [0.05, 0.1) is 22.1 Å². The van der Waals surface area contributed by atoms with Gasteiger partial charge in [-0.25, -0.2) is 0 Å². The largest absolute Gasteiger partial charge is 0.294 e. The topological polar surface area (TPSA) is 62.4 Å². The summed E-state index contributed by atoms with van der Waals surface area (Å²) in [5, 5.41) is 25.8. The molecular formula is C36H21N5. The minimum atomic E-state index is 0.333. The van der Waals surface area contributed by atoms with Crippen LogP contribution in [0.3, 0.4) is 0 Å². The third kappa shape index (κ3) is 3.09. The number of aromatic nitrogens is 3. The maximum absolute atomic E-state index is 10.7. The van der Waals surface area contributed by atoms with E-state index in [2.05, 4.69) is 74.4 Å². The molecule has 0 spiro atoms. The van der Waals surface area contributed by atoms with E-state index in [4.69, 9.17) is 0 Å². The Bertz CT molecular complexity index is 2130. The smallest absolute Gasteiger partial charge is 0.143 e. The molecule has 0 aliphatic rings. The summed E-state index contributed by atoms with van der Waals surface area (Å²) in [5.41, 5.74) is 5.41. The highest BCUT2D eigenvalue weighted by Crippen LogP contribution is 2.41. The molecule has 41 heavy (non-hydrogen) atoms. The lowest BCUT2D eigenvalue weighted by Gasteiger charge is -2.18. The van der Waals surface area contributed by atoms with Crippen molar-refractivity contribution in [1.82, 2.24) is 13.7 Å². The SMILES string of the molecule is N#Cc1c(C#N)c(-n2c3ccccc3c3ccccc32)n(-c2ccccc2)c1-n1c2ccccc2c2ccccc21. The minimum absolute atomic E-state index is 0.333. The van der Waals surface area contributed by atoms with Crippen molar-refractivity contribution in [3.63, 3.8) is 0 Å². The fraction of sp³-hybridized carbons (Fsp3) is 0. The van der Waals surface area contributed by atoms with Crippen LogP contribution in [-0.2, 0) is 0 Å². The first-order chi connectivity index (χ1) is 20.3. The first-order valence-corrected chi connectivity index (χ1v) is 13.4. The van der Waals surface area contributed by atoms with Gasteiger partial charge in [0.2, 0.25) is 0 Å². The lowest BCUT2D eigenvalue weighted by molar-refractivity contribution is 0.920. The number of benzene rings is 5. The van der Waals surface area contributed by atoms with E-state index < -0.39 is 0 Å². The Morgan fingerprint density at radius 3 is 1.02 bits per heavy atom. The van der Waals surface area contributed by atoms with Crippen LogP contribution in [0, 0.1) is 22.7 Å². The van der Waals surface area contributed by atoms with Gasteiger partial charge in [-0.15, -0.1) is 0 Å². The van der Waals surface area contributed by atoms with Crippen LogP contribution in [0.4, 0.5) is 0 Å². The van der Waals surface area contributed by atoms with Crippen molar-refractivity contribution in [3.05, 3.63) is 139 Å². The zero-order valence-electron chi connectivity index (χ0n) is 21.9. The fourth-order valence-corrected chi connectivity index (χ4v) is 6.31. The molecule has 8 rings (SSSR count). The Morgan fingerprint density at radius 1 is 0.366 bits per heavy atom. The van der Waals surface area contributed by atoms with Gasteiger partial charge in [0.25, 0.3) is 0 Å². The zero-order valence-corrected chi connectivity index (χ0v) is 21.9. The Balaban J connectivity index is 1.65. The summed E-state index contributed by atoms with van der Waals surface area (Å²) in [6.45, 7) is 0. The summed E-state index contributed by atoms with van der Waals surface area (Å²) in [6, 6.07) is 47.8. The van der Waals surface area contributed by atoms with Gasteiger partial charge in [0.1, 0.15) is 34.9 Å². The minimum Gasteiger partial charge on any atom is -0.294 e. The molecule has 0 bridgehead atoms. The third-order valence-corrected chi connectivity index (χ3v) is 7.94. The first kappa shape index (κ1) is 22.9. The lowest BCUT2D eigenvalue weighted by atomic mass is 10.2. The summed E-state index contributed by atoms with van der Waals surface area (Å²) in [4.78, 5) is 0. The monoisotopic (exact) mass is 523 g/mol. The van der Waals surface area contributed by atoms with Crippen LogP contribution in [-0.4, -0.2) is 13.7 Å². The highest BCUT2D eigenvalue weighted by molar-refractivity contribution is 6.11. The molecule has 0 atom stereocenters. The van der Waals surface area contributed by atoms with Crippen LogP contribution < -0.4 is 0 Å². The van der Waals surface area contributed by atoms with Gasteiger partial charge >= 0.3 is 0 Å². The highest BCUT2D eigenvalue weighted by Gasteiger charge is 2.30. The molecule has 3 aromatic heterocycles. The molecule has 190 valence electrons. The molecule has 0 saturated carbocycles.